The topological polar surface area (TPSA) is 43.8 Å². The van der Waals surface area contributed by atoms with Gasteiger partial charge in [-0.15, -0.1) is 0 Å². The summed E-state index contributed by atoms with van der Waals surface area (Å²) in [5.74, 6) is 2.30. The maximum Gasteiger partial charge on any atom is 0.201 e. The molecule has 16 heavy (non-hydrogen) atoms. The highest BCUT2D eigenvalue weighted by molar-refractivity contribution is 5.81. The first-order valence-electron chi connectivity index (χ1n) is 5.88. The van der Waals surface area contributed by atoms with E-state index in [9.17, 15) is 0 Å². The van der Waals surface area contributed by atoms with Crippen LogP contribution < -0.4 is 5.73 Å². The number of para-hydroxylation sites is 1. The molecule has 3 rings (SSSR count). The first kappa shape index (κ1) is 9.70. The van der Waals surface area contributed by atoms with Gasteiger partial charge in [0.2, 0.25) is 5.95 Å². The number of imidazole rings is 1. The van der Waals surface area contributed by atoms with Gasteiger partial charge in [-0.3, -0.25) is 0 Å². The fourth-order valence-electron chi connectivity index (χ4n) is 2.38. The number of hydrogen-bond donors (Lipinski definition) is 1. The number of benzene rings is 1. The number of aryl methyl sites for hydroxylation is 1. The molecule has 84 valence electrons. The van der Waals surface area contributed by atoms with Crippen molar-refractivity contribution in [2.24, 2.45) is 11.8 Å². The van der Waals surface area contributed by atoms with E-state index >= 15 is 0 Å². The van der Waals surface area contributed by atoms with Crippen molar-refractivity contribution in [2.45, 2.75) is 26.8 Å². The van der Waals surface area contributed by atoms with E-state index in [0.29, 0.717) is 5.95 Å². The highest BCUT2D eigenvalue weighted by atomic mass is 15.2. The molecule has 1 aromatic carbocycles. The summed E-state index contributed by atoms with van der Waals surface area (Å²) in [5.41, 5.74) is 9.42. The SMILES string of the molecule is Cc1cccc2c1nc(N)n2CC1CC1C. The third-order valence-corrected chi connectivity index (χ3v) is 3.70. The van der Waals surface area contributed by atoms with Gasteiger partial charge in [-0.1, -0.05) is 19.1 Å². The van der Waals surface area contributed by atoms with Crippen molar-refractivity contribution in [1.29, 1.82) is 0 Å². The molecule has 3 heteroatoms. The Labute approximate surface area is 95.3 Å². The number of aromatic nitrogens is 2. The van der Waals surface area contributed by atoms with Gasteiger partial charge in [0.1, 0.15) is 0 Å². The Morgan fingerprint density at radius 3 is 2.94 bits per heavy atom. The van der Waals surface area contributed by atoms with Crippen LogP contribution in [-0.4, -0.2) is 9.55 Å². The second-order valence-corrected chi connectivity index (χ2v) is 5.00. The highest BCUT2D eigenvalue weighted by Gasteiger charge is 2.33. The lowest BCUT2D eigenvalue weighted by Crippen LogP contribution is -2.05. The van der Waals surface area contributed by atoms with Crippen molar-refractivity contribution in [3.8, 4) is 0 Å². The summed E-state index contributed by atoms with van der Waals surface area (Å²) < 4.78 is 2.16. The van der Waals surface area contributed by atoms with Crippen LogP contribution in [0.1, 0.15) is 18.9 Å². The van der Waals surface area contributed by atoms with Crippen LogP contribution in [0.25, 0.3) is 11.0 Å². The van der Waals surface area contributed by atoms with Gasteiger partial charge in [0.05, 0.1) is 11.0 Å². The molecule has 3 nitrogen and oxygen atoms in total. The third-order valence-electron chi connectivity index (χ3n) is 3.70. The molecule has 1 aliphatic rings. The standard InChI is InChI=1S/C13H17N3/c1-8-4-3-5-11-12(8)15-13(14)16(11)7-10-6-9(10)2/h3-5,9-10H,6-7H2,1-2H3,(H2,14,15). The Balaban J connectivity index is 2.09. The predicted molar refractivity (Wildman–Crippen MR) is 66.2 cm³/mol. The number of nitrogen functional groups attached to an aromatic ring is 1. The molecular formula is C13H17N3. The van der Waals surface area contributed by atoms with Crippen molar-refractivity contribution in [2.75, 3.05) is 5.73 Å². The number of rotatable bonds is 2. The van der Waals surface area contributed by atoms with E-state index in [0.717, 1.165) is 23.9 Å². The van der Waals surface area contributed by atoms with E-state index in [1.165, 1.54) is 17.5 Å². The van der Waals surface area contributed by atoms with E-state index in [4.69, 9.17) is 5.73 Å². The Morgan fingerprint density at radius 2 is 2.25 bits per heavy atom. The van der Waals surface area contributed by atoms with Crippen molar-refractivity contribution >= 4 is 17.0 Å². The van der Waals surface area contributed by atoms with Crippen LogP contribution in [0.2, 0.25) is 0 Å². The zero-order valence-electron chi connectivity index (χ0n) is 9.77. The van der Waals surface area contributed by atoms with Gasteiger partial charge in [0.25, 0.3) is 0 Å². The molecule has 0 aliphatic heterocycles. The maximum absolute atomic E-state index is 6.00. The van der Waals surface area contributed by atoms with Crippen LogP contribution in [-0.2, 0) is 6.54 Å². The third kappa shape index (κ3) is 1.39. The van der Waals surface area contributed by atoms with Crippen molar-refractivity contribution in [3.63, 3.8) is 0 Å². The first-order valence-corrected chi connectivity index (χ1v) is 5.88. The zero-order valence-corrected chi connectivity index (χ0v) is 9.77. The predicted octanol–water partition coefficient (Wildman–Crippen LogP) is 2.58. The summed E-state index contributed by atoms with van der Waals surface area (Å²) in [4.78, 5) is 4.46. The minimum Gasteiger partial charge on any atom is -0.369 e. The van der Waals surface area contributed by atoms with Crippen molar-refractivity contribution in [3.05, 3.63) is 23.8 Å². The van der Waals surface area contributed by atoms with Gasteiger partial charge in [-0.05, 0) is 36.8 Å². The van der Waals surface area contributed by atoms with E-state index < -0.39 is 0 Å². The van der Waals surface area contributed by atoms with Gasteiger partial charge in [0, 0.05) is 6.54 Å². The number of nitrogens with two attached hydrogens (primary N) is 1. The van der Waals surface area contributed by atoms with Crippen LogP contribution in [0, 0.1) is 18.8 Å². The van der Waals surface area contributed by atoms with Crippen LogP contribution >= 0.6 is 0 Å². The van der Waals surface area contributed by atoms with Gasteiger partial charge < -0.3 is 10.3 Å². The van der Waals surface area contributed by atoms with Crippen LogP contribution in [0.5, 0.6) is 0 Å². The highest BCUT2D eigenvalue weighted by Crippen LogP contribution is 2.40. The summed E-state index contributed by atoms with van der Waals surface area (Å²) in [6.07, 6.45) is 1.32. The lowest BCUT2D eigenvalue weighted by atomic mass is 10.2. The smallest absolute Gasteiger partial charge is 0.201 e. The number of hydrogen-bond acceptors (Lipinski definition) is 2. The van der Waals surface area contributed by atoms with E-state index in [1.54, 1.807) is 0 Å². The molecule has 0 bridgehead atoms. The first-order chi connectivity index (χ1) is 7.66. The normalized spacial score (nSPS) is 23.9. The fraction of sp³-hybridized carbons (Fsp3) is 0.462. The van der Waals surface area contributed by atoms with E-state index in [1.807, 2.05) is 0 Å². The van der Waals surface area contributed by atoms with E-state index in [2.05, 4.69) is 41.6 Å². The summed E-state index contributed by atoms with van der Waals surface area (Å²) >= 11 is 0. The molecule has 1 saturated carbocycles. The molecule has 0 amide bonds. The Bertz CT molecular complexity index is 541. The molecule has 1 fully saturated rings. The minimum atomic E-state index is 0.656. The summed E-state index contributed by atoms with van der Waals surface area (Å²) in [7, 11) is 0. The number of nitrogens with zero attached hydrogens (tertiary/aromatic N) is 2. The summed E-state index contributed by atoms with van der Waals surface area (Å²) in [6.45, 7) is 5.40. The molecule has 0 radical (unpaired) electrons. The average molecular weight is 215 g/mol. The van der Waals surface area contributed by atoms with E-state index in [-0.39, 0.29) is 0 Å². The quantitative estimate of drug-likeness (QED) is 0.836. The number of fused-ring (bicyclic) bond motifs is 1. The molecule has 0 spiro atoms. The lowest BCUT2D eigenvalue weighted by Gasteiger charge is -2.05. The summed E-state index contributed by atoms with van der Waals surface area (Å²) in [6, 6.07) is 6.27. The largest absolute Gasteiger partial charge is 0.369 e. The molecular weight excluding hydrogens is 198 g/mol. The molecule has 0 saturated heterocycles. The average Bonchev–Trinajstić information content (AvgIpc) is 2.84. The molecule has 2 atom stereocenters. The molecule has 1 aliphatic carbocycles. The lowest BCUT2D eigenvalue weighted by molar-refractivity contribution is 0.613. The molecule has 1 heterocycles. The van der Waals surface area contributed by atoms with Gasteiger partial charge in [-0.25, -0.2) is 4.98 Å². The second-order valence-electron chi connectivity index (χ2n) is 5.00. The summed E-state index contributed by atoms with van der Waals surface area (Å²) in [5, 5.41) is 0. The maximum atomic E-state index is 6.00. The Morgan fingerprint density at radius 1 is 1.50 bits per heavy atom. The Kier molecular flexibility index (Phi) is 1.96. The van der Waals surface area contributed by atoms with Gasteiger partial charge in [-0.2, -0.15) is 0 Å². The van der Waals surface area contributed by atoms with Crippen molar-refractivity contribution in [1.82, 2.24) is 9.55 Å². The molecule has 2 aromatic rings. The molecule has 2 unspecified atom stereocenters. The molecule has 2 N–H and O–H groups in total. The van der Waals surface area contributed by atoms with Crippen LogP contribution in [0.3, 0.4) is 0 Å². The van der Waals surface area contributed by atoms with Crippen LogP contribution in [0.4, 0.5) is 5.95 Å². The van der Waals surface area contributed by atoms with Gasteiger partial charge >= 0.3 is 0 Å². The fourth-order valence-corrected chi connectivity index (χ4v) is 2.38. The number of anilines is 1. The monoisotopic (exact) mass is 215 g/mol. The minimum absolute atomic E-state index is 0.656. The second kappa shape index (κ2) is 3.24. The van der Waals surface area contributed by atoms with Gasteiger partial charge in [0.15, 0.2) is 0 Å². The zero-order chi connectivity index (χ0) is 11.3. The molecule has 1 aromatic heterocycles. The van der Waals surface area contributed by atoms with Crippen molar-refractivity contribution < 1.29 is 0 Å². The van der Waals surface area contributed by atoms with Crippen LogP contribution in [0.15, 0.2) is 18.2 Å². The Hall–Kier alpha value is -1.51.